The Kier molecular flexibility index (Phi) is 4.65. The van der Waals surface area contributed by atoms with Crippen molar-refractivity contribution in [3.8, 4) is 0 Å². The number of carbonyl (C=O) groups is 1. The minimum Gasteiger partial charge on any atom is -0.469 e. The van der Waals surface area contributed by atoms with Gasteiger partial charge in [0.05, 0.1) is 7.11 Å². The van der Waals surface area contributed by atoms with Crippen LogP contribution in [0.25, 0.3) is 0 Å². The second-order valence-electron chi connectivity index (χ2n) is 3.14. The molecule has 0 aliphatic rings. The van der Waals surface area contributed by atoms with E-state index in [0.29, 0.717) is 0 Å². The van der Waals surface area contributed by atoms with Crippen LogP contribution < -0.4 is 0 Å². The summed E-state index contributed by atoms with van der Waals surface area (Å²) in [5.41, 5.74) is -0.835. The Bertz CT molecular complexity index is 496. The van der Waals surface area contributed by atoms with E-state index in [1.54, 1.807) is 0 Å². The number of nitrogens with zero attached hydrogens (tertiary/aromatic N) is 2. The number of esters is 1. The van der Waals surface area contributed by atoms with E-state index in [-0.39, 0.29) is 16.6 Å². The number of ether oxygens (including phenoxy) is 1. The van der Waals surface area contributed by atoms with Gasteiger partial charge in [-0.3, -0.25) is 4.79 Å². The smallest absolute Gasteiger partial charge is 0.373 e. The van der Waals surface area contributed by atoms with Crippen LogP contribution >= 0.6 is 15.9 Å². The molecule has 1 heterocycles. The molecule has 0 aliphatic carbocycles. The van der Waals surface area contributed by atoms with Crippen molar-refractivity contribution >= 4 is 27.7 Å². The van der Waals surface area contributed by atoms with Gasteiger partial charge >= 0.3 is 11.8 Å². The van der Waals surface area contributed by atoms with Crippen molar-refractivity contribution in [3.63, 3.8) is 0 Å². The van der Waals surface area contributed by atoms with E-state index in [1.807, 2.05) is 0 Å². The highest BCUT2D eigenvalue weighted by atomic mass is 79.9. The molecule has 0 unspecified atom stereocenters. The molecule has 0 saturated carbocycles. The fraction of sp³-hybridized carbons (Fsp3) is 0.333. The maximum atomic E-state index is 12.6. The summed E-state index contributed by atoms with van der Waals surface area (Å²) in [6, 6.07) is 1.13. The Morgan fingerprint density at radius 3 is 2.72 bits per heavy atom. The summed E-state index contributed by atoms with van der Waals surface area (Å²) in [4.78, 5) is 24.1. The maximum Gasteiger partial charge on any atom is 0.373 e. The number of carbonyl (C=O) groups excluding carboxylic acids is 1. The zero-order chi connectivity index (χ0) is 13.9. The fourth-order valence-electron chi connectivity index (χ4n) is 1.21. The summed E-state index contributed by atoms with van der Waals surface area (Å²) in [7, 11) is 1.14. The monoisotopic (exact) mass is 324 g/mol. The molecule has 18 heavy (non-hydrogen) atoms. The lowest BCUT2D eigenvalue weighted by Crippen LogP contribution is -2.09. The molecule has 1 aromatic rings. The van der Waals surface area contributed by atoms with Crippen LogP contribution in [0, 0.1) is 10.1 Å². The van der Waals surface area contributed by atoms with E-state index < -0.39 is 28.7 Å². The number of nitro groups is 1. The average Bonchev–Trinajstić information content (AvgIpc) is 2.27. The van der Waals surface area contributed by atoms with Crippen LogP contribution in [-0.2, 0) is 16.0 Å². The summed E-state index contributed by atoms with van der Waals surface area (Å²) >= 11 is 2.80. The van der Waals surface area contributed by atoms with E-state index in [0.717, 1.165) is 13.2 Å². The quantitative estimate of drug-likeness (QED) is 0.482. The Balaban J connectivity index is 3.28. The summed E-state index contributed by atoms with van der Waals surface area (Å²) in [5, 5.41) is 10.7. The lowest BCUT2D eigenvalue weighted by Gasteiger charge is -2.05. The van der Waals surface area contributed by atoms with Gasteiger partial charge < -0.3 is 14.9 Å². The number of hydrogen-bond acceptors (Lipinski definition) is 5. The second-order valence-corrected chi connectivity index (χ2v) is 4.00. The molecule has 0 N–H and O–H groups in total. The highest BCUT2D eigenvalue weighted by Crippen LogP contribution is 2.34. The first-order chi connectivity index (χ1) is 8.36. The van der Waals surface area contributed by atoms with Gasteiger partial charge in [0.15, 0.2) is 5.69 Å². The maximum absolute atomic E-state index is 12.6. The highest BCUT2D eigenvalue weighted by Gasteiger charge is 2.28. The second kappa shape index (κ2) is 5.80. The largest absolute Gasteiger partial charge is 0.469 e. The van der Waals surface area contributed by atoms with Gasteiger partial charge in [-0.1, -0.05) is 0 Å². The molecule has 0 bridgehead atoms. The summed E-state index contributed by atoms with van der Waals surface area (Å²) in [6.07, 6.45) is -3.38. The Morgan fingerprint density at radius 1 is 1.67 bits per heavy atom. The van der Waals surface area contributed by atoms with Crippen LogP contribution in [-0.4, -0.2) is 23.0 Å². The van der Waals surface area contributed by atoms with Crippen LogP contribution in [0.2, 0.25) is 0 Å². The molecular weight excluding hydrogens is 318 g/mol. The molecule has 9 heteroatoms. The first kappa shape index (κ1) is 14.4. The topological polar surface area (TPSA) is 82.3 Å². The van der Waals surface area contributed by atoms with Gasteiger partial charge in [0, 0.05) is 10.5 Å². The van der Waals surface area contributed by atoms with Gasteiger partial charge in [0.2, 0.25) is 0 Å². The number of pyridine rings is 1. The predicted molar refractivity (Wildman–Crippen MR) is 59.3 cm³/mol. The van der Waals surface area contributed by atoms with E-state index in [4.69, 9.17) is 0 Å². The van der Waals surface area contributed by atoms with Crippen molar-refractivity contribution in [3.05, 3.63) is 31.9 Å². The molecule has 0 aliphatic heterocycles. The third kappa shape index (κ3) is 3.19. The Labute approximate surface area is 108 Å². The van der Waals surface area contributed by atoms with E-state index >= 15 is 0 Å². The lowest BCUT2D eigenvalue weighted by molar-refractivity contribution is -0.391. The number of methoxy groups -OCH3 is 1. The van der Waals surface area contributed by atoms with Gasteiger partial charge in [0.1, 0.15) is 12.0 Å². The van der Waals surface area contributed by atoms with Crippen molar-refractivity contribution in [2.45, 2.75) is 12.8 Å². The molecule has 98 valence electrons. The van der Waals surface area contributed by atoms with Gasteiger partial charge in [-0.15, -0.1) is 0 Å². The van der Waals surface area contributed by atoms with Crippen molar-refractivity contribution in [2.24, 2.45) is 0 Å². The van der Waals surface area contributed by atoms with Crippen LogP contribution in [0.5, 0.6) is 0 Å². The minimum absolute atomic E-state index is 0.0233. The Morgan fingerprint density at radius 2 is 2.28 bits per heavy atom. The molecule has 0 atom stereocenters. The number of alkyl halides is 2. The molecule has 6 nitrogen and oxygen atoms in total. The van der Waals surface area contributed by atoms with Crippen molar-refractivity contribution in [1.82, 2.24) is 4.98 Å². The molecular formula is C9H7BrF2N2O4. The van der Waals surface area contributed by atoms with E-state index in [1.165, 1.54) is 0 Å². The predicted octanol–water partition coefficient (Wildman–Crippen LogP) is 2.41. The van der Waals surface area contributed by atoms with Crippen molar-refractivity contribution < 1.29 is 23.2 Å². The normalized spacial score (nSPS) is 10.5. The standard InChI is InChI=1S/C9H7BrF2N2O4/c1-18-6(15)3-4-2-5(10)7(8(11)12)9(13-4)14(16)17/h2,8H,3H2,1H3. The van der Waals surface area contributed by atoms with Gasteiger partial charge in [-0.05, 0) is 25.8 Å². The summed E-state index contributed by atoms with van der Waals surface area (Å²) in [6.45, 7) is 0. The zero-order valence-electron chi connectivity index (χ0n) is 9.02. The first-order valence-electron chi connectivity index (χ1n) is 4.55. The van der Waals surface area contributed by atoms with E-state index in [2.05, 4.69) is 25.7 Å². The molecule has 0 saturated heterocycles. The van der Waals surface area contributed by atoms with E-state index in [9.17, 15) is 23.7 Å². The Hall–Kier alpha value is -1.64. The van der Waals surface area contributed by atoms with Gasteiger partial charge in [0.25, 0.3) is 6.43 Å². The third-order valence-electron chi connectivity index (χ3n) is 1.99. The lowest BCUT2D eigenvalue weighted by atomic mass is 10.2. The number of hydrogen-bond donors (Lipinski definition) is 0. The zero-order valence-corrected chi connectivity index (χ0v) is 10.6. The minimum atomic E-state index is -3.04. The summed E-state index contributed by atoms with van der Waals surface area (Å²) in [5.74, 6) is -1.65. The number of halogens is 3. The van der Waals surface area contributed by atoms with Crippen LogP contribution in [0.4, 0.5) is 14.6 Å². The SMILES string of the molecule is COC(=O)Cc1cc(Br)c(C(F)F)c([N+](=O)[O-])n1. The fourth-order valence-corrected chi connectivity index (χ4v) is 1.83. The number of rotatable bonds is 4. The molecule has 0 amide bonds. The molecule has 1 rings (SSSR count). The molecule has 0 spiro atoms. The molecule has 0 fully saturated rings. The van der Waals surface area contributed by atoms with Crippen LogP contribution in [0.3, 0.4) is 0 Å². The van der Waals surface area contributed by atoms with Crippen molar-refractivity contribution in [1.29, 1.82) is 0 Å². The molecule has 1 aromatic heterocycles. The van der Waals surface area contributed by atoms with Crippen LogP contribution in [0.1, 0.15) is 17.7 Å². The highest BCUT2D eigenvalue weighted by molar-refractivity contribution is 9.10. The molecule has 0 aromatic carbocycles. The van der Waals surface area contributed by atoms with Gasteiger partial charge in [-0.25, -0.2) is 8.78 Å². The average molecular weight is 325 g/mol. The molecule has 0 radical (unpaired) electrons. The first-order valence-corrected chi connectivity index (χ1v) is 5.34. The van der Waals surface area contributed by atoms with Gasteiger partial charge in [-0.2, -0.15) is 0 Å². The summed E-state index contributed by atoms with van der Waals surface area (Å²) < 4.78 is 29.5. The third-order valence-corrected chi connectivity index (χ3v) is 2.64. The van der Waals surface area contributed by atoms with Crippen LogP contribution in [0.15, 0.2) is 10.5 Å². The number of aromatic nitrogens is 1. The van der Waals surface area contributed by atoms with Crippen molar-refractivity contribution in [2.75, 3.05) is 7.11 Å².